The Morgan fingerprint density at radius 3 is 2.54 bits per heavy atom. The van der Waals surface area contributed by atoms with Crippen molar-refractivity contribution in [3.8, 4) is 11.1 Å². The normalized spacial score (nSPS) is 23.1. The number of hydrogen-bond acceptors (Lipinski definition) is 7. The van der Waals surface area contributed by atoms with Crippen LogP contribution in [-0.4, -0.2) is 76.4 Å². The van der Waals surface area contributed by atoms with Gasteiger partial charge in [-0.2, -0.15) is 0 Å². The Morgan fingerprint density at radius 2 is 1.89 bits per heavy atom. The average molecular weight is 525 g/mol. The third-order valence-corrected chi connectivity index (χ3v) is 7.99. The molecule has 1 fully saturated rings. The molecule has 186 valence electrons. The van der Waals surface area contributed by atoms with Gasteiger partial charge < -0.3 is 20.0 Å². The Labute approximate surface area is 210 Å². The second kappa shape index (κ2) is 9.33. The van der Waals surface area contributed by atoms with E-state index in [1.807, 2.05) is 11.8 Å². The van der Waals surface area contributed by atoms with Crippen LogP contribution in [0.15, 0.2) is 40.7 Å². The van der Waals surface area contributed by atoms with Crippen LogP contribution in [0.3, 0.4) is 0 Å². The summed E-state index contributed by atoms with van der Waals surface area (Å²) in [5.41, 5.74) is 1.90. The number of anilines is 1. The molecule has 3 heterocycles. The summed E-state index contributed by atoms with van der Waals surface area (Å²) < 4.78 is 41.8. The van der Waals surface area contributed by atoms with Crippen LogP contribution in [0.2, 0.25) is 5.02 Å². The van der Waals surface area contributed by atoms with Crippen LogP contribution in [0.1, 0.15) is 12.5 Å². The van der Waals surface area contributed by atoms with Crippen LogP contribution < -0.4 is 4.90 Å². The van der Waals surface area contributed by atoms with Crippen molar-refractivity contribution in [2.75, 3.05) is 36.8 Å². The molecular weight excluding hydrogens is 501 g/mol. The topological polar surface area (TPSA) is 62.5 Å². The molecule has 2 aromatic carbocycles. The number of aliphatic imine (C=N–C) groups is 1. The quantitative estimate of drug-likeness (QED) is 0.469. The first-order chi connectivity index (χ1) is 16.7. The third kappa shape index (κ3) is 4.11. The van der Waals surface area contributed by atoms with E-state index in [0.29, 0.717) is 59.5 Å². The molecule has 0 radical (unpaired) electrons. The van der Waals surface area contributed by atoms with Gasteiger partial charge in [0, 0.05) is 54.0 Å². The molecule has 0 aromatic heterocycles. The van der Waals surface area contributed by atoms with E-state index in [-0.39, 0.29) is 16.6 Å². The van der Waals surface area contributed by atoms with E-state index < -0.39 is 30.0 Å². The molecule has 2 unspecified atom stereocenters. The van der Waals surface area contributed by atoms with E-state index in [9.17, 15) is 23.4 Å². The van der Waals surface area contributed by atoms with Crippen molar-refractivity contribution in [1.29, 1.82) is 0 Å². The molecule has 11 heteroatoms. The van der Waals surface area contributed by atoms with Crippen molar-refractivity contribution in [3.63, 3.8) is 0 Å². The summed E-state index contributed by atoms with van der Waals surface area (Å²) in [5.74, 6) is -2.96. The van der Waals surface area contributed by atoms with Crippen molar-refractivity contribution in [2.45, 2.75) is 30.4 Å². The van der Waals surface area contributed by atoms with Crippen molar-refractivity contribution >= 4 is 34.9 Å². The number of aliphatic hydroxyl groups is 2. The molecule has 3 atom stereocenters. The lowest BCUT2D eigenvalue weighted by Crippen LogP contribution is -2.57. The van der Waals surface area contributed by atoms with Gasteiger partial charge in [0.2, 0.25) is 6.35 Å². The fourth-order valence-corrected chi connectivity index (χ4v) is 6.53. The molecule has 0 bridgehead atoms. The highest BCUT2D eigenvalue weighted by Crippen LogP contribution is 2.50. The lowest BCUT2D eigenvalue weighted by Gasteiger charge is -2.46. The number of aliphatic hydroxyl groups excluding tert-OH is 2. The number of piperazine rings is 1. The maximum absolute atomic E-state index is 14.1. The van der Waals surface area contributed by atoms with Crippen molar-refractivity contribution in [3.05, 3.63) is 58.9 Å². The van der Waals surface area contributed by atoms with E-state index in [2.05, 4.69) is 16.5 Å². The summed E-state index contributed by atoms with van der Waals surface area (Å²) in [5, 5.41) is 21.3. The highest BCUT2D eigenvalue weighted by molar-refractivity contribution is 7.99. The smallest absolute Gasteiger partial charge is 0.227 e. The number of thioether (sulfide) groups is 1. The summed E-state index contributed by atoms with van der Waals surface area (Å²) in [6.45, 7) is 7.84. The first kappa shape index (κ1) is 24.5. The Kier molecular flexibility index (Phi) is 6.52. The monoisotopic (exact) mass is 524 g/mol. The fourth-order valence-electron chi connectivity index (χ4n) is 4.94. The molecule has 6 nitrogen and oxygen atoms in total. The molecular formula is C24H24ClF3N4O2S. The molecule has 0 spiro atoms. The van der Waals surface area contributed by atoms with Gasteiger partial charge in [-0.05, 0) is 36.8 Å². The molecule has 3 aliphatic rings. The van der Waals surface area contributed by atoms with Crippen molar-refractivity contribution < 1.29 is 23.4 Å². The zero-order chi connectivity index (χ0) is 25.0. The van der Waals surface area contributed by atoms with Crippen LogP contribution in [0.25, 0.3) is 11.1 Å². The van der Waals surface area contributed by atoms with Gasteiger partial charge in [0.15, 0.2) is 17.5 Å². The van der Waals surface area contributed by atoms with Crippen LogP contribution in [-0.2, 0) is 0 Å². The van der Waals surface area contributed by atoms with Crippen LogP contribution in [0.5, 0.6) is 0 Å². The van der Waals surface area contributed by atoms with Crippen LogP contribution in [0.4, 0.5) is 18.9 Å². The summed E-state index contributed by atoms with van der Waals surface area (Å²) >= 11 is 8.16. The van der Waals surface area contributed by atoms with E-state index in [0.717, 1.165) is 12.1 Å². The number of amidine groups is 1. The predicted octanol–water partition coefficient (Wildman–Crippen LogP) is 3.88. The molecule has 0 amide bonds. The van der Waals surface area contributed by atoms with E-state index >= 15 is 0 Å². The SMILES string of the molecule is C=CC(O)N1CCN(C2=NC(O)N3CCSc4c(-c5cc(F)c(F)c(F)c5)c(Cl)cc2c43)[C@@H](C)C1. The van der Waals surface area contributed by atoms with Crippen LogP contribution in [0, 0.1) is 17.5 Å². The Balaban J connectivity index is 1.62. The largest absolute Gasteiger partial charge is 0.375 e. The molecule has 0 saturated carbocycles. The van der Waals surface area contributed by atoms with Crippen molar-refractivity contribution in [2.24, 2.45) is 4.99 Å². The third-order valence-electron chi connectivity index (χ3n) is 6.62. The van der Waals surface area contributed by atoms with Crippen LogP contribution >= 0.6 is 23.4 Å². The Morgan fingerprint density at radius 1 is 1.17 bits per heavy atom. The number of benzene rings is 2. The lowest BCUT2D eigenvalue weighted by molar-refractivity contribution is 0.00219. The van der Waals surface area contributed by atoms with E-state index in [1.54, 1.807) is 11.0 Å². The minimum Gasteiger partial charge on any atom is -0.375 e. The Bertz CT molecular complexity index is 1210. The van der Waals surface area contributed by atoms with Gasteiger partial charge in [-0.15, -0.1) is 11.8 Å². The molecule has 3 aliphatic heterocycles. The van der Waals surface area contributed by atoms with Gasteiger partial charge in [0.1, 0.15) is 12.1 Å². The van der Waals surface area contributed by atoms with Gasteiger partial charge in [-0.25, -0.2) is 18.2 Å². The Hall–Kier alpha value is -2.24. The summed E-state index contributed by atoms with van der Waals surface area (Å²) in [4.78, 5) is 10.9. The zero-order valence-corrected chi connectivity index (χ0v) is 20.5. The minimum atomic E-state index is -1.54. The summed E-state index contributed by atoms with van der Waals surface area (Å²) in [7, 11) is 0. The fraction of sp³-hybridized carbons (Fsp3) is 0.375. The first-order valence-electron chi connectivity index (χ1n) is 11.2. The average Bonchev–Trinajstić information content (AvgIpc) is 2.83. The molecule has 0 aliphatic carbocycles. The standard InChI is InChI=1S/C24H24ClF3N4O2S/c1-3-18(33)30-4-5-31(12(2)11-30)23-14-10-15(25)19(13-8-16(26)20(28)17(27)9-13)22-21(14)32(6-7-35-22)24(34)29-23/h3,8-10,12,18,24,33-34H,1,4-7,11H2,2H3/t12-,18?,24?/m0/s1. The molecule has 35 heavy (non-hydrogen) atoms. The summed E-state index contributed by atoms with van der Waals surface area (Å²) in [6, 6.07) is 3.52. The number of nitrogens with zero attached hydrogens (tertiary/aromatic N) is 4. The highest BCUT2D eigenvalue weighted by atomic mass is 35.5. The minimum absolute atomic E-state index is 0.0403. The second-order valence-corrected chi connectivity index (χ2v) is 10.3. The number of rotatable bonds is 3. The molecule has 1 saturated heterocycles. The number of hydrogen-bond donors (Lipinski definition) is 2. The van der Waals surface area contributed by atoms with E-state index in [4.69, 9.17) is 11.6 Å². The van der Waals surface area contributed by atoms with Gasteiger partial charge in [0.25, 0.3) is 0 Å². The predicted molar refractivity (Wildman–Crippen MR) is 131 cm³/mol. The van der Waals surface area contributed by atoms with Gasteiger partial charge in [-0.1, -0.05) is 18.2 Å². The molecule has 2 aromatic rings. The second-order valence-electron chi connectivity index (χ2n) is 8.74. The summed E-state index contributed by atoms with van der Waals surface area (Å²) in [6.07, 6.45) is -0.407. The first-order valence-corrected chi connectivity index (χ1v) is 12.6. The van der Waals surface area contributed by atoms with E-state index in [1.165, 1.54) is 17.8 Å². The van der Waals surface area contributed by atoms with Gasteiger partial charge in [-0.3, -0.25) is 4.90 Å². The lowest BCUT2D eigenvalue weighted by atomic mass is 9.98. The zero-order valence-electron chi connectivity index (χ0n) is 18.9. The molecule has 2 N–H and O–H groups in total. The van der Waals surface area contributed by atoms with Crippen molar-refractivity contribution in [1.82, 2.24) is 9.80 Å². The number of halogens is 4. The maximum Gasteiger partial charge on any atom is 0.227 e. The van der Waals surface area contributed by atoms with Gasteiger partial charge >= 0.3 is 0 Å². The maximum atomic E-state index is 14.1. The van der Waals surface area contributed by atoms with Gasteiger partial charge in [0.05, 0.1) is 10.7 Å². The molecule has 5 rings (SSSR count). The highest BCUT2D eigenvalue weighted by Gasteiger charge is 2.38.